The summed E-state index contributed by atoms with van der Waals surface area (Å²) >= 11 is -0.716. The molecule has 6 heteroatoms. The van der Waals surface area contributed by atoms with E-state index in [2.05, 4.69) is 4.79 Å². The zero-order chi connectivity index (χ0) is 10.3. The molecule has 0 aliphatic rings. The van der Waals surface area contributed by atoms with E-state index in [0.29, 0.717) is 6.61 Å². The van der Waals surface area contributed by atoms with Crippen LogP contribution in [0.2, 0.25) is 0 Å². The maximum absolute atomic E-state index is 11.1. The second-order valence-corrected chi connectivity index (χ2v) is 4.98. The van der Waals surface area contributed by atoms with Gasteiger partial charge >= 0.3 is 83.9 Å². The van der Waals surface area contributed by atoms with Gasteiger partial charge in [0.2, 0.25) is 0 Å². The van der Waals surface area contributed by atoms with Gasteiger partial charge in [0.15, 0.2) is 0 Å². The van der Waals surface area contributed by atoms with Crippen molar-refractivity contribution in [2.24, 2.45) is 0 Å². The fraction of sp³-hybridized carbons (Fsp3) is 0.714. The Morgan fingerprint density at radius 1 is 1.62 bits per heavy atom. The second kappa shape index (κ2) is 6.84. The average molecular weight is 247 g/mol. The van der Waals surface area contributed by atoms with E-state index in [4.69, 9.17) is 10.3 Å². The van der Waals surface area contributed by atoms with Crippen molar-refractivity contribution in [2.45, 2.75) is 6.92 Å². The number of carbonyl (C=O) groups is 1. The number of nitrogens with zero attached hydrogens (tertiary/aromatic N) is 3. The maximum atomic E-state index is 11.1. The number of rotatable bonds is 5. The van der Waals surface area contributed by atoms with Crippen LogP contribution >= 0.6 is 0 Å². The third-order valence-electron chi connectivity index (χ3n) is 1.13. The predicted molar refractivity (Wildman–Crippen MR) is 51.0 cm³/mol. The van der Waals surface area contributed by atoms with Crippen LogP contribution in [0.25, 0.3) is 5.53 Å². The molecule has 0 heterocycles. The summed E-state index contributed by atoms with van der Waals surface area (Å²) in [4.78, 5) is 16.0. The fourth-order valence-corrected chi connectivity index (χ4v) is 2.16. The summed E-state index contributed by atoms with van der Waals surface area (Å²) in [5.41, 5.74) is 8.54. The summed E-state index contributed by atoms with van der Waals surface area (Å²) in [6.07, 6.45) is 0. The van der Waals surface area contributed by atoms with Crippen molar-refractivity contribution >= 4 is 26.2 Å². The molecular weight excluding hydrogens is 233 g/mol. The number of hydrogen-bond acceptors (Lipinski definition) is 3. The zero-order valence-corrected chi connectivity index (χ0v) is 10.2. The predicted octanol–water partition coefficient (Wildman–Crippen LogP) is -0.867. The van der Waals surface area contributed by atoms with E-state index < -0.39 is 21.7 Å². The van der Waals surface area contributed by atoms with Gasteiger partial charge in [-0.2, -0.15) is 0 Å². The Morgan fingerprint density at radius 3 is 2.62 bits per heavy atom. The monoisotopic (exact) mass is 247 g/mol. The van der Waals surface area contributed by atoms with Crippen LogP contribution in [0.1, 0.15) is 6.92 Å². The number of carbonyl (C=O) groups excluding carboxylic acids is 1. The molecule has 0 saturated carbocycles. The van der Waals surface area contributed by atoms with Crippen molar-refractivity contribution < 1.29 is 14.3 Å². The normalized spacial score (nSPS) is 10.5. The topological polar surface area (TPSA) is 65.9 Å². The SMILES string of the molecule is CCOC(=O)C(=[N+]=[N-])[AsH]CN(C)C. The van der Waals surface area contributed by atoms with Crippen molar-refractivity contribution in [3.05, 3.63) is 5.53 Å². The van der Waals surface area contributed by atoms with Crippen LogP contribution in [0.15, 0.2) is 0 Å². The Bertz CT molecular complexity index is 224. The fourth-order valence-electron chi connectivity index (χ4n) is 0.581. The van der Waals surface area contributed by atoms with Crippen LogP contribution in [0, 0.1) is 0 Å². The van der Waals surface area contributed by atoms with Gasteiger partial charge in [-0.05, 0) is 0 Å². The van der Waals surface area contributed by atoms with Crippen molar-refractivity contribution in [3.63, 3.8) is 0 Å². The van der Waals surface area contributed by atoms with Crippen molar-refractivity contribution in [1.29, 1.82) is 0 Å². The molecular formula is C7H14AsN3O2. The van der Waals surface area contributed by atoms with Crippen LogP contribution in [0.3, 0.4) is 0 Å². The molecule has 0 aromatic heterocycles. The van der Waals surface area contributed by atoms with Crippen molar-refractivity contribution in [3.8, 4) is 0 Å². The van der Waals surface area contributed by atoms with Gasteiger partial charge in [0, 0.05) is 0 Å². The Labute approximate surface area is 84.4 Å². The van der Waals surface area contributed by atoms with Gasteiger partial charge in [-0.15, -0.1) is 0 Å². The standard InChI is InChI=1S/C7H14AsN3O2/c1-4-13-7(12)6(10-9)8-5-11(2)3/h8H,4-5H2,1-3H3. The molecule has 0 amide bonds. The van der Waals surface area contributed by atoms with Gasteiger partial charge in [0.05, 0.1) is 0 Å². The van der Waals surface area contributed by atoms with Crippen LogP contribution < -0.4 is 0 Å². The summed E-state index contributed by atoms with van der Waals surface area (Å²) in [6.45, 7) is 2.03. The Kier molecular flexibility index (Phi) is 6.51. The first kappa shape index (κ1) is 12.4. The second-order valence-electron chi connectivity index (χ2n) is 2.58. The first-order valence-corrected chi connectivity index (χ1v) is 6.42. The molecule has 0 aromatic carbocycles. The summed E-state index contributed by atoms with van der Waals surface area (Å²) in [5.74, 6) is -0.494. The molecule has 74 valence electrons. The van der Waals surface area contributed by atoms with Crippen molar-refractivity contribution in [1.82, 2.24) is 4.90 Å². The van der Waals surface area contributed by atoms with E-state index in [1.165, 1.54) is 0 Å². The van der Waals surface area contributed by atoms with Gasteiger partial charge in [-0.25, -0.2) is 0 Å². The average Bonchev–Trinajstić information content (AvgIpc) is 2.05. The molecule has 0 aromatic rings. The van der Waals surface area contributed by atoms with E-state index in [9.17, 15) is 4.79 Å². The molecule has 0 radical (unpaired) electrons. The molecule has 1 unspecified atom stereocenters. The van der Waals surface area contributed by atoms with Gasteiger partial charge < -0.3 is 0 Å². The van der Waals surface area contributed by atoms with Crippen LogP contribution in [0.5, 0.6) is 0 Å². The molecule has 1 atom stereocenters. The molecule has 13 heavy (non-hydrogen) atoms. The van der Waals surface area contributed by atoms with E-state index in [-0.39, 0.29) is 4.50 Å². The van der Waals surface area contributed by atoms with Gasteiger partial charge in [0.25, 0.3) is 0 Å². The van der Waals surface area contributed by atoms with Crippen LogP contribution in [-0.2, 0) is 9.53 Å². The molecule has 0 aliphatic heterocycles. The van der Waals surface area contributed by atoms with Crippen molar-refractivity contribution in [2.75, 3.05) is 26.0 Å². The zero-order valence-electron chi connectivity index (χ0n) is 8.07. The summed E-state index contributed by atoms with van der Waals surface area (Å²) in [6, 6.07) is 0. The molecule has 0 saturated heterocycles. The van der Waals surface area contributed by atoms with Gasteiger partial charge in [-0.3, -0.25) is 0 Å². The third-order valence-corrected chi connectivity index (χ3v) is 4.13. The van der Waals surface area contributed by atoms with Crippen LogP contribution in [0.4, 0.5) is 0 Å². The number of esters is 1. The Hall–Kier alpha value is -0.632. The minimum atomic E-state index is -0.716. The molecule has 0 N–H and O–H groups in total. The molecule has 0 aliphatic carbocycles. The Morgan fingerprint density at radius 2 is 2.23 bits per heavy atom. The summed E-state index contributed by atoms with van der Waals surface area (Å²) in [7, 11) is 3.81. The van der Waals surface area contributed by atoms with Crippen LogP contribution in [-0.4, -0.2) is 61.9 Å². The third kappa shape index (κ3) is 5.58. The Balaban J connectivity index is 4.05. The van der Waals surface area contributed by atoms with E-state index >= 15 is 0 Å². The van der Waals surface area contributed by atoms with E-state index in [1.54, 1.807) is 6.92 Å². The number of hydrogen-bond donors (Lipinski definition) is 0. The van der Waals surface area contributed by atoms with Gasteiger partial charge in [0.1, 0.15) is 0 Å². The first-order valence-electron chi connectivity index (χ1n) is 3.89. The van der Waals surface area contributed by atoms with E-state index in [0.717, 1.165) is 5.33 Å². The molecule has 0 rings (SSSR count). The number of ether oxygens (including phenoxy) is 1. The first-order chi connectivity index (χ1) is 6.11. The van der Waals surface area contributed by atoms with E-state index in [1.807, 2.05) is 19.0 Å². The molecule has 0 spiro atoms. The minimum absolute atomic E-state index is 0.190. The molecule has 5 nitrogen and oxygen atoms in total. The van der Waals surface area contributed by atoms with Gasteiger partial charge in [-0.1, -0.05) is 0 Å². The quantitative estimate of drug-likeness (QED) is 0.208. The molecule has 0 bridgehead atoms. The summed E-state index contributed by atoms with van der Waals surface area (Å²) in [5, 5.41) is 0.776. The molecule has 0 fully saturated rings. The summed E-state index contributed by atoms with van der Waals surface area (Å²) < 4.78 is 4.90.